The van der Waals surface area contributed by atoms with Crippen LogP contribution in [0.3, 0.4) is 0 Å². The molecular formula is C13H25N3. The van der Waals surface area contributed by atoms with E-state index in [1.54, 1.807) is 0 Å². The van der Waals surface area contributed by atoms with E-state index >= 15 is 0 Å². The van der Waals surface area contributed by atoms with Crippen molar-refractivity contribution in [2.75, 3.05) is 6.54 Å². The van der Waals surface area contributed by atoms with Gasteiger partial charge in [-0.1, -0.05) is 6.42 Å². The van der Waals surface area contributed by atoms with E-state index in [1.165, 1.54) is 19.3 Å². The highest BCUT2D eigenvalue weighted by atomic mass is 15.2. The van der Waals surface area contributed by atoms with Gasteiger partial charge in [0.05, 0.1) is 6.07 Å². The summed E-state index contributed by atoms with van der Waals surface area (Å²) in [6.45, 7) is 9.59. The van der Waals surface area contributed by atoms with Crippen molar-refractivity contribution in [2.45, 2.75) is 71.1 Å². The Morgan fingerprint density at radius 3 is 2.31 bits per heavy atom. The predicted molar refractivity (Wildman–Crippen MR) is 67.2 cm³/mol. The molecule has 16 heavy (non-hydrogen) atoms. The summed E-state index contributed by atoms with van der Waals surface area (Å²) in [5.74, 6) is 0. The van der Waals surface area contributed by atoms with Crippen molar-refractivity contribution < 1.29 is 0 Å². The number of nitrogens with one attached hydrogen (secondary N) is 1. The van der Waals surface area contributed by atoms with Crippen LogP contribution in [-0.2, 0) is 0 Å². The van der Waals surface area contributed by atoms with Crippen LogP contribution in [0.25, 0.3) is 0 Å². The summed E-state index contributed by atoms with van der Waals surface area (Å²) < 4.78 is 0. The van der Waals surface area contributed by atoms with E-state index in [9.17, 15) is 0 Å². The molecule has 0 bridgehead atoms. The van der Waals surface area contributed by atoms with E-state index in [4.69, 9.17) is 5.26 Å². The van der Waals surface area contributed by atoms with Crippen molar-refractivity contribution >= 4 is 0 Å². The maximum Gasteiger partial charge on any atom is 0.108 e. The van der Waals surface area contributed by atoms with Crippen molar-refractivity contribution in [3.8, 4) is 6.07 Å². The van der Waals surface area contributed by atoms with Gasteiger partial charge in [0.15, 0.2) is 0 Å². The van der Waals surface area contributed by atoms with Gasteiger partial charge in [-0.05, 0) is 40.5 Å². The van der Waals surface area contributed by atoms with Crippen molar-refractivity contribution in [2.24, 2.45) is 0 Å². The molecule has 1 aliphatic rings. The van der Waals surface area contributed by atoms with Gasteiger partial charge in [-0.2, -0.15) is 5.26 Å². The summed E-state index contributed by atoms with van der Waals surface area (Å²) in [6, 6.07) is 3.94. The Kier molecular flexibility index (Phi) is 5.24. The molecule has 1 fully saturated rings. The highest BCUT2D eigenvalue weighted by Gasteiger charge is 2.26. The average molecular weight is 223 g/mol. The molecule has 1 saturated heterocycles. The number of nitriles is 1. The van der Waals surface area contributed by atoms with Crippen LogP contribution < -0.4 is 5.32 Å². The third-order valence-electron chi connectivity index (χ3n) is 3.46. The Labute approximate surface area is 99.8 Å². The number of hydrogen-bond acceptors (Lipinski definition) is 3. The second-order valence-corrected chi connectivity index (χ2v) is 5.33. The topological polar surface area (TPSA) is 39.1 Å². The Hall–Kier alpha value is -0.590. The minimum absolute atomic E-state index is 0.0389. The lowest BCUT2D eigenvalue weighted by molar-refractivity contribution is 0.0965. The third-order valence-corrected chi connectivity index (χ3v) is 3.46. The zero-order chi connectivity index (χ0) is 12.1. The molecule has 0 aromatic heterocycles. The first-order valence-electron chi connectivity index (χ1n) is 6.46. The van der Waals surface area contributed by atoms with Crippen molar-refractivity contribution in [3.63, 3.8) is 0 Å². The van der Waals surface area contributed by atoms with Gasteiger partial charge in [0.2, 0.25) is 0 Å². The fourth-order valence-electron chi connectivity index (χ4n) is 2.58. The number of hydrogen-bond donors (Lipinski definition) is 1. The third kappa shape index (κ3) is 3.77. The molecule has 0 aromatic carbocycles. The van der Waals surface area contributed by atoms with E-state index in [-0.39, 0.29) is 6.04 Å². The minimum atomic E-state index is -0.0389. The van der Waals surface area contributed by atoms with Gasteiger partial charge in [0, 0.05) is 24.7 Å². The first-order chi connectivity index (χ1) is 7.54. The Morgan fingerprint density at radius 1 is 1.31 bits per heavy atom. The van der Waals surface area contributed by atoms with Crippen LogP contribution in [0.4, 0.5) is 0 Å². The molecule has 1 rings (SSSR count). The Balaban J connectivity index is 2.52. The summed E-state index contributed by atoms with van der Waals surface area (Å²) in [6.07, 6.45) is 3.86. The highest BCUT2D eigenvalue weighted by molar-refractivity contribution is 4.95. The normalized spacial score (nSPS) is 29.0. The van der Waals surface area contributed by atoms with E-state index in [1.807, 2.05) is 0 Å². The first kappa shape index (κ1) is 13.5. The van der Waals surface area contributed by atoms with Gasteiger partial charge in [-0.15, -0.1) is 0 Å². The van der Waals surface area contributed by atoms with Crippen molar-refractivity contribution in [1.82, 2.24) is 10.2 Å². The Bertz CT molecular complexity index is 234. The Morgan fingerprint density at radius 2 is 1.88 bits per heavy atom. The van der Waals surface area contributed by atoms with Gasteiger partial charge >= 0.3 is 0 Å². The van der Waals surface area contributed by atoms with Crippen LogP contribution in [0, 0.1) is 11.3 Å². The first-order valence-corrected chi connectivity index (χ1v) is 6.46. The summed E-state index contributed by atoms with van der Waals surface area (Å²) in [5.41, 5.74) is 0. The standard InChI is InChI=1S/C13H25N3/c1-10(2)15-13(8-14)9-16-11(3)6-5-7-12(16)4/h10-13,15H,5-7,9H2,1-4H3/t11-,12+,13?. The molecule has 3 nitrogen and oxygen atoms in total. The number of piperidine rings is 1. The fourth-order valence-corrected chi connectivity index (χ4v) is 2.58. The molecule has 0 aliphatic carbocycles. The molecule has 0 amide bonds. The zero-order valence-corrected chi connectivity index (χ0v) is 11.0. The van der Waals surface area contributed by atoms with Crippen LogP contribution in [0.15, 0.2) is 0 Å². The van der Waals surface area contributed by atoms with Crippen molar-refractivity contribution in [3.05, 3.63) is 0 Å². The molecule has 3 atom stereocenters. The summed E-state index contributed by atoms with van der Waals surface area (Å²) in [7, 11) is 0. The molecule has 1 heterocycles. The lowest BCUT2D eigenvalue weighted by Crippen LogP contribution is -2.51. The molecule has 0 saturated carbocycles. The molecule has 1 aliphatic heterocycles. The highest BCUT2D eigenvalue weighted by Crippen LogP contribution is 2.22. The molecule has 0 aromatic rings. The van der Waals surface area contributed by atoms with Crippen LogP contribution in [0.1, 0.15) is 47.0 Å². The lowest BCUT2D eigenvalue weighted by Gasteiger charge is -2.40. The minimum Gasteiger partial charge on any atom is -0.299 e. The van der Waals surface area contributed by atoms with Gasteiger partial charge in [0.1, 0.15) is 6.04 Å². The number of rotatable bonds is 4. The molecule has 92 valence electrons. The molecule has 1 N–H and O–H groups in total. The monoisotopic (exact) mass is 223 g/mol. The lowest BCUT2D eigenvalue weighted by atomic mass is 9.97. The maximum absolute atomic E-state index is 9.14. The van der Waals surface area contributed by atoms with E-state index < -0.39 is 0 Å². The zero-order valence-electron chi connectivity index (χ0n) is 11.0. The molecule has 0 radical (unpaired) electrons. The molecule has 3 heteroatoms. The maximum atomic E-state index is 9.14. The van der Waals surface area contributed by atoms with Crippen LogP contribution in [-0.4, -0.2) is 35.6 Å². The number of nitrogens with zero attached hydrogens (tertiary/aromatic N) is 2. The predicted octanol–water partition coefficient (Wildman–Crippen LogP) is 2.14. The smallest absolute Gasteiger partial charge is 0.108 e. The number of likely N-dealkylation sites (tertiary alicyclic amines) is 1. The summed E-state index contributed by atoms with van der Waals surface area (Å²) >= 11 is 0. The van der Waals surface area contributed by atoms with E-state index in [0.717, 1.165) is 6.54 Å². The SMILES string of the molecule is CC(C)NC(C#N)CN1[C@H](C)CCC[C@@H]1C. The van der Waals surface area contributed by atoms with Crippen LogP contribution in [0.2, 0.25) is 0 Å². The second kappa shape index (κ2) is 6.22. The summed E-state index contributed by atoms with van der Waals surface area (Å²) in [5, 5.41) is 12.5. The van der Waals surface area contributed by atoms with Crippen LogP contribution >= 0.6 is 0 Å². The molecule has 0 spiro atoms. The van der Waals surface area contributed by atoms with Gasteiger partial charge in [-0.25, -0.2) is 0 Å². The average Bonchev–Trinajstić information content (AvgIpc) is 2.21. The second-order valence-electron chi connectivity index (χ2n) is 5.33. The van der Waals surface area contributed by atoms with Crippen molar-refractivity contribution in [1.29, 1.82) is 5.26 Å². The van der Waals surface area contributed by atoms with Gasteiger partial charge in [0.25, 0.3) is 0 Å². The van der Waals surface area contributed by atoms with E-state index in [0.29, 0.717) is 18.1 Å². The van der Waals surface area contributed by atoms with Crippen LogP contribution in [0.5, 0.6) is 0 Å². The largest absolute Gasteiger partial charge is 0.299 e. The van der Waals surface area contributed by atoms with E-state index in [2.05, 4.69) is 44.0 Å². The summed E-state index contributed by atoms with van der Waals surface area (Å²) in [4.78, 5) is 2.48. The molecular weight excluding hydrogens is 198 g/mol. The quantitative estimate of drug-likeness (QED) is 0.793. The fraction of sp³-hybridized carbons (Fsp3) is 0.923. The molecule has 1 unspecified atom stereocenters. The van der Waals surface area contributed by atoms with Gasteiger partial charge in [-0.3, -0.25) is 10.2 Å². The van der Waals surface area contributed by atoms with Gasteiger partial charge < -0.3 is 0 Å².